The summed E-state index contributed by atoms with van der Waals surface area (Å²) in [5.74, 6) is 0.683. The van der Waals surface area contributed by atoms with Crippen LogP contribution < -0.4 is 0 Å². The molecule has 0 fully saturated rings. The predicted molar refractivity (Wildman–Crippen MR) is 74.5 cm³/mol. The molecule has 7 nitrogen and oxygen atoms in total. The second kappa shape index (κ2) is 9.74. The molecule has 2 aromatic heterocycles. The number of aromatic amines is 2. The summed E-state index contributed by atoms with van der Waals surface area (Å²) in [5, 5.41) is 16.5. The summed E-state index contributed by atoms with van der Waals surface area (Å²) < 4.78 is 10.3. The SMILES string of the molecule is C=C(C)OCc1cn[nH]n1.CCCOCc1ccn[nH]1. The smallest absolute Gasteiger partial charge is 0.133 e. The fourth-order valence-electron chi connectivity index (χ4n) is 1.18. The Kier molecular flexibility index (Phi) is 7.74. The summed E-state index contributed by atoms with van der Waals surface area (Å²) in [4.78, 5) is 0. The van der Waals surface area contributed by atoms with Crippen LogP contribution in [0.15, 0.2) is 30.8 Å². The number of hydrogen-bond donors (Lipinski definition) is 2. The van der Waals surface area contributed by atoms with Gasteiger partial charge in [0.2, 0.25) is 0 Å². The van der Waals surface area contributed by atoms with Crippen molar-refractivity contribution < 1.29 is 9.47 Å². The molecule has 0 radical (unpaired) electrons. The third-order valence-corrected chi connectivity index (χ3v) is 2.10. The third-order valence-electron chi connectivity index (χ3n) is 2.10. The predicted octanol–water partition coefficient (Wildman–Crippen LogP) is 2.19. The molecule has 20 heavy (non-hydrogen) atoms. The lowest BCUT2D eigenvalue weighted by molar-refractivity contribution is 0.119. The Bertz CT molecular complexity index is 453. The number of ether oxygens (including phenoxy) is 2. The summed E-state index contributed by atoms with van der Waals surface area (Å²) >= 11 is 0. The number of hydrogen-bond acceptors (Lipinski definition) is 5. The van der Waals surface area contributed by atoms with Crippen molar-refractivity contribution in [2.45, 2.75) is 33.5 Å². The van der Waals surface area contributed by atoms with Gasteiger partial charge < -0.3 is 9.47 Å². The Morgan fingerprint density at radius 2 is 2.20 bits per heavy atom. The molecule has 0 aliphatic carbocycles. The first-order chi connectivity index (χ1) is 9.72. The van der Waals surface area contributed by atoms with Gasteiger partial charge in [0.15, 0.2) is 0 Å². The maximum absolute atomic E-state index is 5.26. The van der Waals surface area contributed by atoms with Crippen LogP contribution in [0.2, 0.25) is 0 Å². The molecule has 0 aliphatic rings. The largest absolute Gasteiger partial charge is 0.492 e. The second-order valence-corrected chi connectivity index (χ2v) is 4.09. The van der Waals surface area contributed by atoms with Gasteiger partial charge in [-0.1, -0.05) is 13.5 Å². The summed E-state index contributed by atoms with van der Waals surface area (Å²) in [6.07, 6.45) is 4.40. The minimum atomic E-state index is 0.436. The van der Waals surface area contributed by atoms with Crippen molar-refractivity contribution in [3.63, 3.8) is 0 Å². The topological polar surface area (TPSA) is 88.7 Å². The molecule has 0 amide bonds. The van der Waals surface area contributed by atoms with Crippen LogP contribution in [0.25, 0.3) is 0 Å². The van der Waals surface area contributed by atoms with Gasteiger partial charge in [0, 0.05) is 12.8 Å². The van der Waals surface area contributed by atoms with E-state index >= 15 is 0 Å². The lowest BCUT2D eigenvalue weighted by Crippen LogP contribution is -1.93. The molecule has 0 saturated heterocycles. The van der Waals surface area contributed by atoms with Gasteiger partial charge in [-0.15, -0.1) is 0 Å². The van der Waals surface area contributed by atoms with Crippen LogP contribution in [0.5, 0.6) is 0 Å². The number of nitrogens with one attached hydrogen (secondary N) is 2. The van der Waals surface area contributed by atoms with Crippen LogP contribution in [-0.2, 0) is 22.7 Å². The van der Waals surface area contributed by atoms with Crippen molar-refractivity contribution in [3.8, 4) is 0 Å². The molecule has 0 spiro atoms. The highest BCUT2D eigenvalue weighted by Gasteiger charge is 1.94. The van der Waals surface area contributed by atoms with E-state index in [0.29, 0.717) is 19.0 Å². The van der Waals surface area contributed by atoms with E-state index in [2.05, 4.69) is 39.1 Å². The molecule has 0 saturated carbocycles. The Hall–Kier alpha value is -2.15. The van der Waals surface area contributed by atoms with Crippen LogP contribution in [0, 0.1) is 0 Å². The molecule has 110 valence electrons. The number of H-pyrrole nitrogens is 2. The molecule has 2 rings (SSSR count). The summed E-state index contributed by atoms with van der Waals surface area (Å²) in [5.41, 5.74) is 1.82. The molecule has 0 bridgehead atoms. The molecule has 0 unspecified atom stereocenters. The monoisotopic (exact) mass is 279 g/mol. The molecule has 7 heteroatoms. The van der Waals surface area contributed by atoms with E-state index in [1.54, 1.807) is 19.3 Å². The standard InChI is InChI=1S/C7H12N2O.C6H9N3O/c1-2-5-10-6-7-3-4-8-9-7;1-5(2)10-4-6-3-7-9-8-6/h3-4H,2,5-6H2,1H3,(H,8,9);3H,1,4H2,2H3,(H,7,8,9). The quantitative estimate of drug-likeness (QED) is 0.599. The zero-order valence-corrected chi connectivity index (χ0v) is 11.9. The fourth-order valence-corrected chi connectivity index (χ4v) is 1.18. The van der Waals surface area contributed by atoms with E-state index in [1.807, 2.05) is 6.07 Å². The van der Waals surface area contributed by atoms with Crippen molar-refractivity contribution in [1.82, 2.24) is 25.6 Å². The molecular weight excluding hydrogens is 258 g/mol. The first-order valence-electron chi connectivity index (χ1n) is 6.41. The minimum absolute atomic E-state index is 0.436. The average molecular weight is 279 g/mol. The lowest BCUT2D eigenvalue weighted by atomic mass is 10.4. The van der Waals surface area contributed by atoms with Crippen molar-refractivity contribution in [2.24, 2.45) is 0 Å². The van der Waals surface area contributed by atoms with Crippen molar-refractivity contribution in [3.05, 3.63) is 42.2 Å². The van der Waals surface area contributed by atoms with Gasteiger partial charge in [-0.25, -0.2) is 0 Å². The first kappa shape index (κ1) is 15.9. The molecule has 0 aromatic carbocycles. The normalized spacial score (nSPS) is 9.70. The molecule has 2 N–H and O–H groups in total. The fraction of sp³-hybridized carbons (Fsp3) is 0.462. The van der Waals surface area contributed by atoms with E-state index in [9.17, 15) is 0 Å². The maximum atomic E-state index is 5.26. The van der Waals surface area contributed by atoms with E-state index in [-0.39, 0.29) is 0 Å². The van der Waals surface area contributed by atoms with Crippen LogP contribution in [-0.4, -0.2) is 32.2 Å². The Morgan fingerprint density at radius 1 is 1.35 bits per heavy atom. The average Bonchev–Trinajstić information content (AvgIpc) is 3.11. The van der Waals surface area contributed by atoms with Crippen LogP contribution in [0.1, 0.15) is 31.7 Å². The molecule has 0 aliphatic heterocycles. The molecule has 0 atom stereocenters. The van der Waals surface area contributed by atoms with Crippen molar-refractivity contribution in [1.29, 1.82) is 0 Å². The summed E-state index contributed by atoms with van der Waals surface area (Å²) in [6.45, 7) is 9.36. The van der Waals surface area contributed by atoms with E-state index in [1.165, 1.54) is 0 Å². The van der Waals surface area contributed by atoms with E-state index < -0.39 is 0 Å². The molecule has 2 aromatic rings. The van der Waals surface area contributed by atoms with Gasteiger partial charge in [-0.05, 0) is 19.4 Å². The van der Waals surface area contributed by atoms with Crippen molar-refractivity contribution >= 4 is 0 Å². The number of aromatic nitrogens is 5. The second-order valence-electron chi connectivity index (χ2n) is 4.09. The number of rotatable bonds is 7. The Balaban J connectivity index is 0.000000200. The lowest BCUT2D eigenvalue weighted by Gasteiger charge is -1.99. The van der Waals surface area contributed by atoms with Gasteiger partial charge in [-0.3, -0.25) is 5.10 Å². The highest BCUT2D eigenvalue weighted by Crippen LogP contribution is 1.97. The minimum Gasteiger partial charge on any atom is -0.492 e. The van der Waals surface area contributed by atoms with Gasteiger partial charge in [0.05, 0.1) is 24.3 Å². The molecular formula is C13H21N5O2. The van der Waals surface area contributed by atoms with Gasteiger partial charge in [0.1, 0.15) is 12.3 Å². The molecule has 2 heterocycles. The van der Waals surface area contributed by atoms with Gasteiger partial charge in [-0.2, -0.15) is 20.5 Å². The summed E-state index contributed by atoms with van der Waals surface area (Å²) in [6, 6.07) is 1.91. The highest BCUT2D eigenvalue weighted by atomic mass is 16.5. The Morgan fingerprint density at radius 3 is 2.75 bits per heavy atom. The van der Waals surface area contributed by atoms with Gasteiger partial charge >= 0.3 is 0 Å². The maximum Gasteiger partial charge on any atom is 0.133 e. The first-order valence-corrected chi connectivity index (χ1v) is 6.41. The van der Waals surface area contributed by atoms with Crippen LogP contribution in [0.4, 0.5) is 0 Å². The Labute approximate surface area is 118 Å². The third kappa shape index (κ3) is 7.32. The number of nitrogens with zero attached hydrogens (tertiary/aromatic N) is 3. The zero-order chi connectivity index (χ0) is 14.6. The van der Waals surface area contributed by atoms with E-state index in [4.69, 9.17) is 9.47 Å². The highest BCUT2D eigenvalue weighted by molar-refractivity contribution is 4.94. The van der Waals surface area contributed by atoms with Crippen LogP contribution >= 0.6 is 0 Å². The summed E-state index contributed by atoms with van der Waals surface area (Å²) in [7, 11) is 0. The van der Waals surface area contributed by atoms with Gasteiger partial charge in [0.25, 0.3) is 0 Å². The zero-order valence-electron chi connectivity index (χ0n) is 11.9. The van der Waals surface area contributed by atoms with E-state index in [0.717, 1.165) is 24.4 Å². The number of allylic oxidation sites excluding steroid dienone is 1. The van der Waals surface area contributed by atoms with Crippen molar-refractivity contribution in [2.75, 3.05) is 6.61 Å². The van der Waals surface area contributed by atoms with Crippen LogP contribution in [0.3, 0.4) is 0 Å².